The van der Waals surface area contributed by atoms with E-state index in [1.54, 1.807) is 7.11 Å². The van der Waals surface area contributed by atoms with Crippen LogP contribution in [0.25, 0.3) is 11.2 Å². The molecule has 6 heteroatoms. The van der Waals surface area contributed by atoms with Crippen molar-refractivity contribution >= 4 is 23.4 Å². The van der Waals surface area contributed by atoms with Crippen molar-refractivity contribution in [1.82, 2.24) is 14.5 Å². The zero-order valence-electron chi connectivity index (χ0n) is 10.8. The zero-order valence-corrected chi connectivity index (χ0v) is 11.6. The van der Waals surface area contributed by atoms with E-state index in [4.69, 9.17) is 21.7 Å². The Morgan fingerprint density at radius 3 is 2.94 bits per heavy atom. The molecule has 5 nitrogen and oxygen atoms in total. The van der Waals surface area contributed by atoms with E-state index in [9.17, 15) is 0 Å². The lowest BCUT2D eigenvalue weighted by Crippen LogP contribution is -2.13. The minimum Gasteiger partial charge on any atom is -0.481 e. The smallest absolute Gasteiger partial charge is 0.215 e. The van der Waals surface area contributed by atoms with Gasteiger partial charge in [-0.05, 0) is 32.1 Å². The molecule has 0 fully saturated rings. The van der Waals surface area contributed by atoms with Gasteiger partial charge in [0.1, 0.15) is 0 Å². The van der Waals surface area contributed by atoms with E-state index in [0.717, 1.165) is 11.2 Å². The monoisotopic (exact) mass is 267 g/mol. The average Bonchev–Trinajstić information content (AvgIpc) is 2.70. The van der Waals surface area contributed by atoms with Gasteiger partial charge in [-0.3, -0.25) is 4.57 Å². The molecule has 2 heterocycles. The summed E-state index contributed by atoms with van der Waals surface area (Å²) in [4.78, 5) is 7.57. The number of pyridine rings is 1. The quantitative estimate of drug-likeness (QED) is 0.846. The lowest BCUT2D eigenvalue weighted by molar-refractivity contribution is 0.119. The molecule has 0 saturated heterocycles. The van der Waals surface area contributed by atoms with E-state index in [1.165, 1.54) is 0 Å². The molecule has 0 aliphatic heterocycles. The van der Waals surface area contributed by atoms with Gasteiger partial charge in [0.2, 0.25) is 5.88 Å². The van der Waals surface area contributed by atoms with Crippen LogP contribution in [0.4, 0.5) is 0 Å². The third-order valence-electron chi connectivity index (χ3n) is 2.75. The van der Waals surface area contributed by atoms with Crippen LogP contribution in [0.5, 0.6) is 5.88 Å². The van der Waals surface area contributed by atoms with E-state index >= 15 is 0 Å². The fourth-order valence-corrected chi connectivity index (χ4v) is 2.25. The Balaban J connectivity index is 2.47. The van der Waals surface area contributed by atoms with E-state index < -0.39 is 0 Å². The minimum atomic E-state index is 0.130. The molecule has 0 radical (unpaired) electrons. The summed E-state index contributed by atoms with van der Waals surface area (Å²) in [7, 11) is 1.60. The van der Waals surface area contributed by atoms with Crippen LogP contribution in [-0.4, -0.2) is 34.9 Å². The Labute approximate surface area is 111 Å². The van der Waals surface area contributed by atoms with Crippen LogP contribution in [0.15, 0.2) is 12.1 Å². The van der Waals surface area contributed by atoms with Crippen molar-refractivity contribution in [3.05, 3.63) is 16.9 Å². The lowest BCUT2D eigenvalue weighted by atomic mass is 10.3. The topological polar surface area (TPSA) is 52.1 Å². The van der Waals surface area contributed by atoms with Gasteiger partial charge in [0.25, 0.3) is 0 Å². The van der Waals surface area contributed by atoms with E-state index in [-0.39, 0.29) is 6.04 Å². The number of nitrogens with one attached hydrogen (secondary N) is 1. The minimum absolute atomic E-state index is 0.130. The van der Waals surface area contributed by atoms with Crippen molar-refractivity contribution < 1.29 is 9.47 Å². The fraction of sp³-hybridized carbons (Fsp3) is 0.500. The average molecular weight is 267 g/mol. The third-order valence-corrected chi connectivity index (χ3v) is 3.05. The highest BCUT2D eigenvalue weighted by atomic mass is 32.1. The summed E-state index contributed by atoms with van der Waals surface area (Å²) in [5.41, 5.74) is 1.70. The van der Waals surface area contributed by atoms with Gasteiger partial charge in [-0.1, -0.05) is 0 Å². The first-order chi connectivity index (χ1) is 8.67. The molecule has 0 amide bonds. The highest BCUT2D eigenvalue weighted by molar-refractivity contribution is 7.71. The number of rotatable bonds is 5. The molecule has 2 aromatic heterocycles. The van der Waals surface area contributed by atoms with Gasteiger partial charge in [0.15, 0.2) is 10.4 Å². The maximum atomic E-state index is 5.44. The number of nitrogens with zero attached hydrogens (tertiary/aromatic N) is 2. The first-order valence-electron chi connectivity index (χ1n) is 5.90. The molecular formula is C12H17N3O2S. The van der Waals surface area contributed by atoms with Crippen molar-refractivity contribution in [2.45, 2.75) is 19.9 Å². The second-order valence-corrected chi connectivity index (χ2v) is 4.42. The van der Waals surface area contributed by atoms with Crippen LogP contribution in [-0.2, 0) is 4.74 Å². The van der Waals surface area contributed by atoms with Crippen molar-refractivity contribution in [2.75, 3.05) is 20.3 Å². The maximum Gasteiger partial charge on any atom is 0.215 e. The van der Waals surface area contributed by atoms with Gasteiger partial charge in [-0.25, -0.2) is 0 Å². The molecule has 18 heavy (non-hydrogen) atoms. The predicted octanol–water partition coefficient (Wildman–Crippen LogP) is 2.70. The van der Waals surface area contributed by atoms with Gasteiger partial charge in [0, 0.05) is 12.7 Å². The molecule has 1 N–H and O–H groups in total. The summed E-state index contributed by atoms with van der Waals surface area (Å²) in [6, 6.07) is 3.86. The molecule has 0 bridgehead atoms. The zero-order chi connectivity index (χ0) is 13.1. The van der Waals surface area contributed by atoms with E-state index in [0.29, 0.717) is 23.9 Å². The second-order valence-electron chi connectivity index (χ2n) is 4.03. The van der Waals surface area contributed by atoms with Crippen LogP contribution in [0.3, 0.4) is 0 Å². The standard InChI is InChI=1S/C12H17N3O2S/c1-4-17-7-8(2)15-11-9(13-12(15)18)5-6-10(14-11)16-3/h5-6,8H,4,7H2,1-3H3,(H,13,18). The van der Waals surface area contributed by atoms with Crippen molar-refractivity contribution in [2.24, 2.45) is 0 Å². The summed E-state index contributed by atoms with van der Waals surface area (Å²) in [6.45, 7) is 5.33. The molecule has 1 unspecified atom stereocenters. The number of fused-ring (bicyclic) bond motifs is 1. The third kappa shape index (κ3) is 2.39. The van der Waals surface area contributed by atoms with Crippen LogP contribution >= 0.6 is 12.2 Å². The van der Waals surface area contributed by atoms with Crippen molar-refractivity contribution in [1.29, 1.82) is 0 Å². The number of methoxy groups -OCH3 is 1. The summed E-state index contributed by atoms with van der Waals surface area (Å²) in [6.07, 6.45) is 0. The van der Waals surface area contributed by atoms with Crippen LogP contribution in [0.2, 0.25) is 0 Å². The van der Waals surface area contributed by atoms with Gasteiger partial charge < -0.3 is 14.5 Å². The first-order valence-corrected chi connectivity index (χ1v) is 6.31. The van der Waals surface area contributed by atoms with Gasteiger partial charge >= 0.3 is 0 Å². The summed E-state index contributed by atoms with van der Waals surface area (Å²) in [5.74, 6) is 0.578. The Hall–Kier alpha value is -1.40. The molecule has 0 aromatic carbocycles. The number of H-pyrrole nitrogens is 1. The summed E-state index contributed by atoms with van der Waals surface area (Å²) in [5, 5.41) is 0. The summed E-state index contributed by atoms with van der Waals surface area (Å²) >= 11 is 5.33. The molecule has 0 aliphatic rings. The number of hydrogen-bond donors (Lipinski definition) is 1. The number of aromatic amines is 1. The first kappa shape index (κ1) is 13.0. The van der Waals surface area contributed by atoms with Gasteiger partial charge in [-0.15, -0.1) is 0 Å². The second kappa shape index (κ2) is 5.49. The van der Waals surface area contributed by atoms with Crippen LogP contribution < -0.4 is 4.74 Å². The molecule has 1 atom stereocenters. The van der Waals surface area contributed by atoms with E-state index in [1.807, 2.05) is 23.6 Å². The number of aromatic nitrogens is 3. The largest absolute Gasteiger partial charge is 0.481 e. The van der Waals surface area contributed by atoms with Crippen molar-refractivity contribution in [3.63, 3.8) is 0 Å². The summed E-state index contributed by atoms with van der Waals surface area (Å²) < 4.78 is 13.2. The fourth-order valence-electron chi connectivity index (χ4n) is 1.87. The SMILES string of the molecule is CCOCC(C)n1c(=S)[nH]c2ccc(OC)nc21. The molecule has 0 saturated carbocycles. The van der Waals surface area contributed by atoms with Gasteiger partial charge in [-0.2, -0.15) is 4.98 Å². The number of ether oxygens (including phenoxy) is 2. The molecule has 2 aromatic rings. The molecule has 0 aliphatic carbocycles. The highest BCUT2D eigenvalue weighted by Gasteiger charge is 2.13. The van der Waals surface area contributed by atoms with Crippen LogP contribution in [0.1, 0.15) is 19.9 Å². The Morgan fingerprint density at radius 2 is 2.28 bits per heavy atom. The Bertz CT molecular complexity index is 591. The van der Waals surface area contributed by atoms with E-state index in [2.05, 4.69) is 16.9 Å². The number of hydrogen-bond acceptors (Lipinski definition) is 4. The highest BCUT2D eigenvalue weighted by Crippen LogP contribution is 2.20. The molecular weight excluding hydrogens is 250 g/mol. The normalized spacial score (nSPS) is 12.8. The molecule has 0 spiro atoms. The lowest BCUT2D eigenvalue weighted by Gasteiger charge is -2.13. The maximum absolute atomic E-state index is 5.44. The van der Waals surface area contributed by atoms with Crippen molar-refractivity contribution in [3.8, 4) is 5.88 Å². The molecule has 2 rings (SSSR count). The molecule has 98 valence electrons. The van der Waals surface area contributed by atoms with Gasteiger partial charge in [0.05, 0.1) is 25.3 Å². The predicted molar refractivity (Wildman–Crippen MR) is 72.7 cm³/mol. The Morgan fingerprint density at radius 1 is 1.50 bits per heavy atom. The Kier molecular flexibility index (Phi) is 3.98. The van der Waals surface area contributed by atoms with Crippen LogP contribution in [0, 0.1) is 4.77 Å². The number of imidazole rings is 1.